The molecule has 0 fully saturated rings. The van der Waals surface area contributed by atoms with Crippen LogP contribution in [-0.2, 0) is 5.88 Å². The maximum Gasteiger partial charge on any atom is 0.159 e. The monoisotopic (exact) mass is 218 g/mol. The fourth-order valence-corrected chi connectivity index (χ4v) is 1.41. The molecule has 0 atom stereocenters. The molecule has 0 spiro atoms. The van der Waals surface area contributed by atoms with Crippen LogP contribution in [0.3, 0.4) is 0 Å². The third-order valence-corrected chi connectivity index (χ3v) is 2.48. The Morgan fingerprint density at radius 1 is 1.07 bits per heavy atom. The van der Waals surface area contributed by atoms with E-state index in [4.69, 9.17) is 11.6 Å². The highest BCUT2D eigenvalue weighted by molar-refractivity contribution is 6.17. The summed E-state index contributed by atoms with van der Waals surface area (Å²) < 4.78 is 0. The molecule has 1 aromatic heterocycles. The largest absolute Gasteiger partial charge is 0.236 e. The van der Waals surface area contributed by atoms with Gasteiger partial charge in [-0.1, -0.05) is 29.8 Å². The minimum absolute atomic E-state index is 0.453. The van der Waals surface area contributed by atoms with Crippen LogP contribution < -0.4 is 0 Å². The third kappa shape index (κ3) is 2.34. The number of halogens is 1. The first kappa shape index (κ1) is 10.1. The first-order chi connectivity index (χ1) is 7.29. The molecule has 2 nitrogen and oxygen atoms in total. The summed E-state index contributed by atoms with van der Waals surface area (Å²) in [7, 11) is 0. The molecule has 76 valence electrons. The zero-order valence-corrected chi connectivity index (χ0v) is 9.20. The molecule has 1 heterocycles. The highest BCUT2D eigenvalue weighted by Crippen LogP contribution is 2.15. The Balaban J connectivity index is 2.33. The van der Waals surface area contributed by atoms with E-state index in [1.54, 1.807) is 12.4 Å². The molecule has 0 aliphatic heterocycles. The van der Waals surface area contributed by atoms with E-state index in [0.29, 0.717) is 5.88 Å². The third-order valence-electron chi connectivity index (χ3n) is 2.17. The van der Waals surface area contributed by atoms with Crippen molar-refractivity contribution in [1.82, 2.24) is 9.97 Å². The zero-order valence-electron chi connectivity index (χ0n) is 8.44. The van der Waals surface area contributed by atoms with Crippen molar-refractivity contribution in [2.24, 2.45) is 0 Å². The second-order valence-corrected chi connectivity index (χ2v) is 3.68. The number of hydrogen-bond acceptors (Lipinski definition) is 2. The summed E-state index contributed by atoms with van der Waals surface area (Å²) in [6.45, 7) is 2.06. The normalized spacial score (nSPS) is 10.3. The van der Waals surface area contributed by atoms with Crippen LogP contribution in [0.4, 0.5) is 0 Å². The molecule has 0 unspecified atom stereocenters. The SMILES string of the molecule is Cc1ccc(-c2ncc(CCl)cn2)cc1. The highest BCUT2D eigenvalue weighted by atomic mass is 35.5. The number of hydrogen-bond donors (Lipinski definition) is 0. The minimum Gasteiger partial charge on any atom is -0.236 e. The molecule has 0 saturated heterocycles. The van der Waals surface area contributed by atoms with Crippen molar-refractivity contribution in [1.29, 1.82) is 0 Å². The van der Waals surface area contributed by atoms with Crippen molar-refractivity contribution in [2.45, 2.75) is 12.8 Å². The van der Waals surface area contributed by atoms with Crippen molar-refractivity contribution < 1.29 is 0 Å². The molecule has 0 N–H and O–H groups in total. The predicted molar refractivity (Wildman–Crippen MR) is 61.8 cm³/mol. The number of aryl methyl sites for hydroxylation is 1. The Labute approximate surface area is 94.0 Å². The molecule has 1 aromatic carbocycles. The standard InChI is InChI=1S/C12H11ClN2/c1-9-2-4-11(5-3-9)12-14-7-10(6-13)8-15-12/h2-5,7-8H,6H2,1H3. The molecule has 0 radical (unpaired) electrons. The van der Waals surface area contributed by atoms with Crippen LogP contribution in [0.25, 0.3) is 11.4 Å². The van der Waals surface area contributed by atoms with E-state index < -0.39 is 0 Å². The topological polar surface area (TPSA) is 25.8 Å². The van der Waals surface area contributed by atoms with Crippen LogP contribution in [0.2, 0.25) is 0 Å². The second kappa shape index (κ2) is 4.41. The molecule has 0 aliphatic rings. The smallest absolute Gasteiger partial charge is 0.159 e. The van der Waals surface area contributed by atoms with Gasteiger partial charge in [0.15, 0.2) is 5.82 Å². The number of nitrogens with zero attached hydrogens (tertiary/aromatic N) is 2. The Bertz CT molecular complexity index is 434. The van der Waals surface area contributed by atoms with E-state index in [-0.39, 0.29) is 0 Å². The average Bonchev–Trinajstić information content (AvgIpc) is 2.30. The van der Waals surface area contributed by atoms with Gasteiger partial charge >= 0.3 is 0 Å². The van der Waals surface area contributed by atoms with Crippen LogP contribution >= 0.6 is 11.6 Å². The van der Waals surface area contributed by atoms with Gasteiger partial charge in [0.1, 0.15) is 0 Å². The van der Waals surface area contributed by atoms with Gasteiger partial charge in [-0.15, -0.1) is 11.6 Å². The lowest BCUT2D eigenvalue weighted by molar-refractivity contribution is 1.12. The van der Waals surface area contributed by atoms with Crippen molar-refractivity contribution in [2.75, 3.05) is 0 Å². The Hall–Kier alpha value is -1.41. The highest BCUT2D eigenvalue weighted by Gasteiger charge is 2.00. The molecule has 0 aliphatic carbocycles. The van der Waals surface area contributed by atoms with E-state index in [2.05, 4.69) is 16.9 Å². The molecule has 0 saturated carbocycles. The van der Waals surface area contributed by atoms with Gasteiger partial charge in [0.05, 0.1) is 5.88 Å². The quantitative estimate of drug-likeness (QED) is 0.724. The number of alkyl halides is 1. The van der Waals surface area contributed by atoms with Crippen LogP contribution in [0.1, 0.15) is 11.1 Å². The van der Waals surface area contributed by atoms with Gasteiger partial charge in [0.25, 0.3) is 0 Å². The lowest BCUT2D eigenvalue weighted by Gasteiger charge is -2.01. The van der Waals surface area contributed by atoms with E-state index in [0.717, 1.165) is 17.0 Å². The van der Waals surface area contributed by atoms with Crippen molar-refractivity contribution in [3.8, 4) is 11.4 Å². The molecule has 0 bridgehead atoms. The Morgan fingerprint density at radius 2 is 1.67 bits per heavy atom. The number of aromatic nitrogens is 2. The van der Waals surface area contributed by atoms with Crippen LogP contribution in [0, 0.1) is 6.92 Å². The van der Waals surface area contributed by atoms with Gasteiger partial charge < -0.3 is 0 Å². The van der Waals surface area contributed by atoms with E-state index in [9.17, 15) is 0 Å². The van der Waals surface area contributed by atoms with E-state index in [1.165, 1.54) is 5.56 Å². The lowest BCUT2D eigenvalue weighted by Crippen LogP contribution is -1.90. The van der Waals surface area contributed by atoms with Crippen LogP contribution in [0.15, 0.2) is 36.7 Å². The van der Waals surface area contributed by atoms with Gasteiger partial charge in [-0.3, -0.25) is 0 Å². The van der Waals surface area contributed by atoms with Crippen molar-refractivity contribution in [3.63, 3.8) is 0 Å². The molecule has 15 heavy (non-hydrogen) atoms. The Morgan fingerprint density at radius 3 is 2.20 bits per heavy atom. The first-order valence-corrected chi connectivity index (χ1v) is 5.27. The van der Waals surface area contributed by atoms with Crippen LogP contribution in [-0.4, -0.2) is 9.97 Å². The molecule has 0 amide bonds. The predicted octanol–water partition coefficient (Wildman–Crippen LogP) is 3.19. The summed E-state index contributed by atoms with van der Waals surface area (Å²) in [5.74, 6) is 1.19. The van der Waals surface area contributed by atoms with Gasteiger partial charge in [0.2, 0.25) is 0 Å². The Kier molecular flexibility index (Phi) is 2.97. The van der Waals surface area contributed by atoms with Gasteiger partial charge in [0, 0.05) is 23.5 Å². The van der Waals surface area contributed by atoms with Gasteiger partial charge in [-0.05, 0) is 6.92 Å². The average molecular weight is 219 g/mol. The fourth-order valence-electron chi connectivity index (χ4n) is 1.28. The van der Waals surface area contributed by atoms with Gasteiger partial charge in [-0.2, -0.15) is 0 Å². The van der Waals surface area contributed by atoms with Gasteiger partial charge in [-0.25, -0.2) is 9.97 Å². The van der Waals surface area contributed by atoms with E-state index in [1.807, 2.05) is 24.3 Å². The fraction of sp³-hybridized carbons (Fsp3) is 0.167. The summed E-state index contributed by atoms with van der Waals surface area (Å²) in [6.07, 6.45) is 3.52. The minimum atomic E-state index is 0.453. The van der Waals surface area contributed by atoms with E-state index >= 15 is 0 Å². The van der Waals surface area contributed by atoms with Crippen molar-refractivity contribution >= 4 is 11.6 Å². The summed E-state index contributed by atoms with van der Waals surface area (Å²) in [5, 5.41) is 0. The molecule has 2 aromatic rings. The second-order valence-electron chi connectivity index (χ2n) is 3.41. The summed E-state index contributed by atoms with van der Waals surface area (Å²) in [4.78, 5) is 8.51. The lowest BCUT2D eigenvalue weighted by atomic mass is 10.1. The van der Waals surface area contributed by atoms with Crippen LogP contribution in [0.5, 0.6) is 0 Å². The number of rotatable bonds is 2. The summed E-state index contributed by atoms with van der Waals surface area (Å²) >= 11 is 5.67. The molecular formula is C12H11ClN2. The maximum absolute atomic E-state index is 5.67. The first-order valence-electron chi connectivity index (χ1n) is 4.73. The molecule has 3 heteroatoms. The molecular weight excluding hydrogens is 208 g/mol. The molecule has 2 rings (SSSR count). The summed E-state index contributed by atoms with van der Waals surface area (Å²) in [6, 6.07) is 8.14. The van der Waals surface area contributed by atoms with Crippen molar-refractivity contribution in [3.05, 3.63) is 47.8 Å². The summed E-state index contributed by atoms with van der Waals surface area (Å²) in [5.41, 5.74) is 3.20. The maximum atomic E-state index is 5.67. The number of benzene rings is 1. The zero-order chi connectivity index (χ0) is 10.7.